The first-order valence-corrected chi connectivity index (χ1v) is 39.6. The van der Waals surface area contributed by atoms with Crippen LogP contribution < -0.4 is 0 Å². The normalized spacial score (nSPS) is 13.7. The van der Waals surface area contributed by atoms with E-state index in [1.807, 2.05) is 21.1 Å². The van der Waals surface area contributed by atoms with Gasteiger partial charge in [0.25, 0.3) is 0 Å². The number of carbonyl (C=O) groups excluding carboxylic acids is 2. The second-order valence-corrected chi connectivity index (χ2v) is 28.1. The first-order valence-electron chi connectivity index (χ1n) is 38.1. The average molecular weight is 1290 g/mol. The van der Waals surface area contributed by atoms with Gasteiger partial charge in [-0.3, -0.25) is 18.6 Å². The van der Waals surface area contributed by atoms with Gasteiger partial charge in [0.2, 0.25) is 0 Å². The summed E-state index contributed by atoms with van der Waals surface area (Å²) in [5.74, 6) is -0.802. The minimum atomic E-state index is -4.40. The SMILES string of the molecule is CC/C=C\C/C=C\C/C=C\C/C=C\C/C=C\C/C=C\C/C=C\C/C=C\C/C=C\CCCCCCCCCC(=O)OC(COC(=O)CCCCCCCCCCCCCCCCCCCCCCCCCCCCCCCCCC)COP(=O)(O)OCC[N+](C)(C)C. The van der Waals surface area contributed by atoms with Gasteiger partial charge in [-0.2, -0.15) is 0 Å². The van der Waals surface area contributed by atoms with E-state index in [4.69, 9.17) is 18.5 Å². The standard InChI is InChI=1S/C81H144NO8P/c1-6-8-10-12-14-16-18-20-22-24-26-28-30-32-34-36-38-40-41-42-44-46-48-50-52-54-56-58-60-62-64-66-68-70-72-74-81(84)90-79(78-89-91(85,86)88-76-75-82(3,4)5)77-87-80(83)73-71-69-67-65-63-61-59-57-55-53-51-49-47-45-43-39-37-35-33-31-29-27-25-23-21-19-17-15-13-11-9-7-2/h8,10,14,16,20,22,26,28,32,34,38,40,42,44,48,50,54,56,79H,6-7,9,11-13,15,17-19,21,23-25,27,29-31,33,35-37,39,41,43,45-47,49,51-53,55,57-78H2,1-5H3/p+1/b10-8-,16-14-,22-20-,28-26-,34-32-,40-38-,44-42-,50-48-,56-54-. The average Bonchev–Trinajstić information content (AvgIpc) is 3.73. The number of rotatable bonds is 70. The third-order valence-electron chi connectivity index (χ3n) is 16.6. The first-order chi connectivity index (χ1) is 44.5. The summed E-state index contributed by atoms with van der Waals surface area (Å²) in [5, 5.41) is 0. The second kappa shape index (κ2) is 71.0. The summed E-state index contributed by atoms with van der Waals surface area (Å²) in [6.07, 6.45) is 101. The van der Waals surface area contributed by atoms with Crippen molar-refractivity contribution in [2.24, 2.45) is 0 Å². The van der Waals surface area contributed by atoms with Crippen molar-refractivity contribution in [3.8, 4) is 0 Å². The Kier molecular flexibility index (Phi) is 68.4. The fourth-order valence-corrected chi connectivity index (χ4v) is 11.5. The van der Waals surface area contributed by atoms with E-state index in [-0.39, 0.29) is 32.0 Å². The highest BCUT2D eigenvalue weighted by Gasteiger charge is 2.27. The Morgan fingerprint density at radius 1 is 0.352 bits per heavy atom. The van der Waals surface area contributed by atoms with Crippen LogP contribution in [0.25, 0.3) is 0 Å². The molecule has 0 fully saturated rings. The summed E-state index contributed by atoms with van der Waals surface area (Å²) >= 11 is 0. The highest BCUT2D eigenvalue weighted by atomic mass is 31.2. The van der Waals surface area contributed by atoms with Crippen LogP contribution in [-0.2, 0) is 32.7 Å². The first kappa shape index (κ1) is 87.7. The number of hydrogen-bond donors (Lipinski definition) is 1. The molecule has 0 aromatic rings. The molecule has 0 saturated carbocycles. The van der Waals surface area contributed by atoms with Crippen molar-refractivity contribution in [1.82, 2.24) is 0 Å². The van der Waals surface area contributed by atoms with Crippen LogP contribution in [-0.4, -0.2) is 74.9 Å². The van der Waals surface area contributed by atoms with Crippen LogP contribution in [0.1, 0.15) is 341 Å². The van der Waals surface area contributed by atoms with Crippen LogP contribution in [0.5, 0.6) is 0 Å². The van der Waals surface area contributed by atoms with Crippen molar-refractivity contribution in [3.05, 3.63) is 109 Å². The molecule has 2 unspecified atom stereocenters. The minimum absolute atomic E-state index is 0.0259. The van der Waals surface area contributed by atoms with E-state index >= 15 is 0 Å². The van der Waals surface area contributed by atoms with Gasteiger partial charge in [-0.05, 0) is 83.5 Å². The van der Waals surface area contributed by atoms with Crippen LogP contribution in [0.4, 0.5) is 0 Å². The number of phosphoric ester groups is 1. The molecule has 0 bridgehead atoms. The van der Waals surface area contributed by atoms with Gasteiger partial charge < -0.3 is 18.9 Å². The van der Waals surface area contributed by atoms with Gasteiger partial charge in [-0.1, -0.05) is 354 Å². The Bertz CT molecular complexity index is 1910. The van der Waals surface area contributed by atoms with E-state index in [9.17, 15) is 19.0 Å². The molecule has 0 aromatic carbocycles. The molecule has 0 aromatic heterocycles. The maximum absolute atomic E-state index is 12.9. The number of quaternary nitrogens is 1. The van der Waals surface area contributed by atoms with E-state index in [0.29, 0.717) is 17.4 Å². The maximum Gasteiger partial charge on any atom is 0.472 e. The molecule has 0 saturated heterocycles. The van der Waals surface area contributed by atoms with Crippen LogP contribution >= 0.6 is 7.82 Å². The summed E-state index contributed by atoms with van der Waals surface area (Å²) < 4.78 is 34.8. The molecule has 10 heteroatoms. The lowest BCUT2D eigenvalue weighted by molar-refractivity contribution is -0.870. The number of unbranched alkanes of at least 4 members (excludes halogenated alkanes) is 38. The number of hydrogen-bond acceptors (Lipinski definition) is 7. The zero-order valence-corrected chi connectivity index (χ0v) is 61.0. The number of nitrogens with zero attached hydrogens (tertiary/aromatic N) is 1. The predicted octanol–water partition coefficient (Wildman–Crippen LogP) is 25.2. The Hall–Kier alpha value is -3.33. The molecule has 0 aliphatic carbocycles. The van der Waals surface area contributed by atoms with Crippen LogP contribution in [0.2, 0.25) is 0 Å². The van der Waals surface area contributed by atoms with Crippen molar-refractivity contribution < 1.29 is 42.1 Å². The topological polar surface area (TPSA) is 108 Å². The van der Waals surface area contributed by atoms with Gasteiger partial charge in [-0.15, -0.1) is 0 Å². The molecular weight excluding hydrogens is 1150 g/mol. The van der Waals surface area contributed by atoms with E-state index in [1.165, 1.54) is 205 Å². The van der Waals surface area contributed by atoms with E-state index in [0.717, 1.165) is 103 Å². The van der Waals surface area contributed by atoms with E-state index in [1.54, 1.807) is 0 Å². The number of phosphoric acid groups is 1. The molecule has 0 rings (SSSR count). The number of carbonyl (C=O) groups is 2. The quantitative estimate of drug-likeness (QED) is 0.0211. The van der Waals surface area contributed by atoms with Crippen LogP contribution in [0.3, 0.4) is 0 Å². The molecule has 0 aliphatic rings. The molecule has 1 N–H and O–H groups in total. The van der Waals surface area contributed by atoms with Gasteiger partial charge in [0, 0.05) is 12.8 Å². The van der Waals surface area contributed by atoms with E-state index in [2.05, 4.69) is 123 Å². The monoisotopic (exact) mass is 1290 g/mol. The summed E-state index contributed by atoms with van der Waals surface area (Å²) in [6.45, 7) is 4.35. The van der Waals surface area contributed by atoms with Crippen molar-refractivity contribution in [1.29, 1.82) is 0 Å². The Balaban J connectivity index is 4.05. The molecule has 0 amide bonds. The molecular formula is C81H145NO8P+. The van der Waals surface area contributed by atoms with Crippen LogP contribution in [0.15, 0.2) is 109 Å². The second-order valence-electron chi connectivity index (χ2n) is 26.7. The van der Waals surface area contributed by atoms with Crippen molar-refractivity contribution in [2.75, 3.05) is 47.5 Å². The van der Waals surface area contributed by atoms with Crippen molar-refractivity contribution >= 4 is 19.8 Å². The van der Waals surface area contributed by atoms with Gasteiger partial charge in [-0.25, -0.2) is 4.57 Å². The molecule has 9 nitrogen and oxygen atoms in total. The highest BCUT2D eigenvalue weighted by Crippen LogP contribution is 2.43. The molecule has 91 heavy (non-hydrogen) atoms. The zero-order valence-electron chi connectivity index (χ0n) is 60.1. The molecule has 526 valence electrons. The maximum atomic E-state index is 12.9. The lowest BCUT2D eigenvalue weighted by Gasteiger charge is -2.24. The third kappa shape index (κ3) is 75.6. The Morgan fingerprint density at radius 2 is 0.626 bits per heavy atom. The smallest absolute Gasteiger partial charge is 0.462 e. The fourth-order valence-electron chi connectivity index (χ4n) is 10.8. The number of likely N-dealkylation sites (N-methyl/N-ethyl adjacent to an activating group) is 1. The Morgan fingerprint density at radius 3 is 0.934 bits per heavy atom. The molecule has 0 spiro atoms. The molecule has 0 radical (unpaired) electrons. The highest BCUT2D eigenvalue weighted by molar-refractivity contribution is 7.47. The van der Waals surface area contributed by atoms with Crippen LogP contribution in [0, 0.1) is 0 Å². The van der Waals surface area contributed by atoms with Crippen molar-refractivity contribution in [3.63, 3.8) is 0 Å². The third-order valence-corrected chi connectivity index (χ3v) is 17.6. The minimum Gasteiger partial charge on any atom is -0.462 e. The Labute approximate surface area is 563 Å². The fraction of sp³-hybridized carbons (Fsp3) is 0.753. The van der Waals surface area contributed by atoms with Gasteiger partial charge in [0.15, 0.2) is 6.10 Å². The molecule has 0 aliphatic heterocycles. The lowest BCUT2D eigenvalue weighted by Crippen LogP contribution is -2.37. The van der Waals surface area contributed by atoms with Crippen molar-refractivity contribution in [2.45, 2.75) is 347 Å². The van der Waals surface area contributed by atoms with Gasteiger partial charge in [0.1, 0.15) is 19.8 Å². The summed E-state index contributed by atoms with van der Waals surface area (Å²) in [6, 6.07) is 0. The zero-order chi connectivity index (χ0) is 66.2. The van der Waals surface area contributed by atoms with Gasteiger partial charge >= 0.3 is 19.8 Å². The lowest BCUT2D eigenvalue weighted by atomic mass is 10.0. The predicted molar refractivity (Wildman–Crippen MR) is 395 cm³/mol. The summed E-state index contributed by atoms with van der Waals surface area (Å²) in [4.78, 5) is 35.9. The number of ether oxygens (including phenoxy) is 2. The molecule has 0 heterocycles. The molecule has 2 atom stereocenters. The summed E-state index contributed by atoms with van der Waals surface area (Å²) in [7, 11) is 1.47. The number of allylic oxidation sites excluding steroid dienone is 18. The largest absolute Gasteiger partial charge is 0.472 e. The van der Waals surface area contributed by atoms with Gasteiger partial charge in [0.05, 0.1) is 27.7 Å². The van der Waals surface area contributed by atoms with E-state index < -0.39 is 26.5 Å². The number of esters is 2. The summed E-state index contributed by atoms with van der Waals surface area (Å²) in [5.41, 5.74) is 0.